The van der Waals surface area contributed by atoms with Gasteiger partial charge in [0.1, 0.15) is 17.2 Å². The molecule has 3 N–H and O–H groups in total. The number of furan rings is 1. The van der Waals surface area contributed by atoms with Crippen LogP contribution in [0.3, 0.4) is 0 Å². The lowest BCUT2D eigenvalue weighted by molar-refractivity contribution is -0.115. The van der Waals surface area contributed by atoms with Crippen LogP contribution in [0.25, 0.3) is 28.2 Å². The monoisotopic (exact) mass is 338 g/mol. The van der Waals surface area contributed by atoms with Gasteiger partial charge in [0.2, 0.25) is 0 Å². The fraction of sp³-hybridized carbons (Fsp3) is 0. The second-order valence-corrected chi connectivity index (χ2v) is 6.09. The molecule has 118 valence electrons. The number of amides is 2. The maximum absolute atomic E-state index is 11.6. The molecular weight excluding hydrogens is 328 g/mol. The summed E-state index contributed by atoms with van der Waals surface area (Å²) in [5.41, 5.74) is 7.82. The molecule has 4 rings (SSSR count). The van der Waals surface area contributed by atoms with E-state index >= 15 is 0 Å². The Kier molecular flexibility index (Phi) is 3.31. The molecule has 0 spiro atoms. The van der Waals surface area contributed by atoms with Crippen molar-refractivity contribution in [3.63, 3.8) is 0 Å². The molecule has 8 heteroatoms. The molecule has 0 atom stereocenters. The average molecular weight is 338 g/mol. The van der Waals surface area contributed by atoms with E-state index in [9.17, 15) is 9.59 Å². The second-order valence-electron chi connectivity index (χ2n) is 5.08. The van der Waals surface area contributed by atoms with Gasteiger partial charge in [0, 0.05) is 41.2 Å². The number of carbonyl (C=O) groups excluding carboxylic acids is 2. The fourth-order valence-corrected chi connectivity index (χ4v) is 3.04. The number of fused-ring (bicyclic) bond motifs is 1. The molecule has 2 amide bonds. The Morgan fingerprint density at radius 3 is 2.79 bits per heavy atom. The number of hydrogen-bond acceptors (Lipinski definition) is 7. The first-order chi connectivity index (χ1) is 11.6. The van der Waals surface area contributed by atoms with Gasteiger partial charge in [0.25, 0.3) is 11.1 Å². The highest BCUT2D eigenvalue weighted by Crippen LogP contribution is 2.32. The third kappa shape index (κ3) is 2.52. The van der Waals surface area contributed by atoms with Gasteiger partial charge in [-0.25, -0.2) is 4.98 Å². The molecular formula is C16H10N4O3S. The predicted molar refractivity (Wildman–Crippen MR) is 90.8 cm³/mol. The number of nitrogens with one attached hydrogen (secondary N) is 1. The van der Waals surface area contributed by atoms with Crippen LogP contribution < -0.4 is 11.1 Å². The fourth-order valence-electron chi connectivity index (χ4n) is 2.37. The maximum atomic E-state index is 11.6. The number of nitrogens with zero attached hydrogens (tertiary/aromatic N) is 2. The lowest BCUT2D eigenvalue weighted by Gasteiger charge is -2.01. The second kappa shape index (κ2) is 5.50. The summed E-state index contributed by atoms with van der Waals surface area (Å²) in [6, 6.07) is 5.30. The smallest absolute Gasteiger partial charge is 0.290 e. The number of carbonyl (C=O) groups is 2. The van der Waals surface area contributed by atoms with E-state index in [1.807, 2.05) is 6.07 Å². The van der Waals surface area contributed by atoms with Crippen molar-refractivity contribution < 1.29 is 14.0 Å². The third-order valence-corrected chi connectivity index (χ3v) is 4.27. The maximum Gasteiger partial charge on any atom is 0.290 e. The Labute approximate surface area is 140 Å². The number of imide groups is 1. The van der Waals surface area contributed by atoms with Gasteiger partial charge in [0.05, 0.1) is 4.91 Å². The van der Waals surface area contributed by atoms with Crippen molar-refractivity contribution in [2.24, 2.45) is 0 Å². The van der Waals surface area contributed by atoms with Gasteiger partial charge in [0.15, 0.2) is 0 Å². The van der Waals surface area contributed by atoms with Crippen LogP contribution in [0.4, 0.5) is 10.6 Å². The largest absolute Gasteiger partial charge is 0.456 e. The summed E-state index contributed by atoms with van der Waals surface area (Å²) in [5, 5.41) is 2.60. The Hall–Kier alpha value is -3.13. The van der Waals surface area contributed by atoms with E-state index in [4.69, 9.17) is 10.2 Å². The zero-order valence-electron chi connectivity index (χ0n) is 12.1. The summed E-state index contributed by atoms with van der Waals surface area (Å²) >= 11 is 0.843. The van der Waals surface area contributed by atoms with Crippen molar-refractivity contribution in [1.82, 2.24) is 15.3 Å². The minimum atomic E-state index is -0.425. The Balaban J connectivity index is 1.80. The topological polar surface area (TPSA) is 111 Å². The summed E-state index contributed by atoms with van der Waals surface area (Å²) < 4.78 is 5.85. The summed E-state index contributed by atoms with van der Waals surface area (Å²) in [7, 11) is 0. The molecule has 24 heavy (non-hydrogen) atoms. The van der Waals surface area contributed by atoms with E-state index < -0.39 is 11.1 Å². The highest BCUT2D eigenvalue weighted by molar-refractivity contribution is 8.18. The molecule has 0 radical (unpaired) electrons. The molecule has 1 aliphatic heterocycles. The molecule has 0 aliphatic carbocycles. The molecule has 1 saturated heterocycles. The van der Waals surface area contributed by atoms with Gasteiger partial charge in [-0.3, -0.25) is 19.9 Å². The number of rotatable bonds is 2. The van der Waals surface area contributed by atoms with Crippen LogP contribution in [0.1, 0.15) is 5.76 Å². The summed E-state index contributed by atoms with van der Waals surface area (Å²) in [6.07, 6.45) is 6.53. The van der Waals surface area contributed by atoms with Crippen LogP contribution in [0.2, 0.25) is 0 Å². The lowest BCUT2D eigenvalue weighted by Crippen LogP contribution is -2.17. The van der Waals surface area contributed by atoms with Crippen LogP contribution in [0.15, 0.2) is 46.1 Å². The minimum absolute atomic E-state index is 0.294. The van der Waals surface area contributed by atoms with Crippen molar-refractivity contribution in [1.29, 1.82) is 0 Å². The summed E-state index contributed by atoms with van der Waals surface area (Å²) in [6.45, 7) is 0. The number of thioether (sulfide) groups is 1. The normalized spacial score (nSPS) is 16.1. The van der Waals surface area contributed by atoms with Gasteiger partial charge < -0.3 is 10.2 Å². The highest BCUT2D eigenvalue weighted by Gasteiger charge is 2.25. The Morgan fingerprint density at radius 1 is 1.21 bits per heavy atom. The SMILES string of the molecule is Nc1ccc(-c2cncc3cc(/C=C4\SC(=O)NC4=O)oc23)cn1. The predicted octanol–water partition coefficient (Wildman–Crippen LogP) is 2.80. The number of aromatic nitrogens is 2. The Morgan fingerprint density at radius 2 is 2.08 bits per heavy atom. The quantitative estimate of drug-likeness (QED) is 0.691. The Bertz CT molecular complexity index is 1010. The van der Waals surface area contributed by atoms with Crippen LogP contribution >= 0.6 is 11.8 Å². The number of nitrogen functional groups attached to an aromatic ring is 1. The van der Waals surface area contributed by atoms with Gasteiger partial charge in [-0.1, -0.05) is 0 Å². The van der Waals surface area contributed by atoms with E-state index in [2.05, 4.69) is 15.3 Å². The first kappa shape index (κ1) is 14.5. The first-order valence-corrected chi connectivity index (χ1v) is 7.76. The number of hydrogen-bond donors (Lipinski definition) is 2. The average Bonchev–Trinajstić information content (AvgIpc) is 3.10. The molecule has 1 fully saturated rings. The van der Waals surface area contributed by atoms with Crippen molar-refractivity contribution >= 4 is 45.8 Å². The number of nitrogens with two attached hydrogens (primary N) is 1. The molecule has 4 heterocycles. The van der Waals surface area contributed by atoms with Crippen LogP contribution in [0, 0.1) is 0 Å². The molecule has 0 aromatic carbocycles. The van der Waals surface area contributed by atoms with E-state index in [0.29, 0.717) is 22.1 Å². The molecule has 3 aromatic heterocycles. The molecule has 0 unspecified atom stereocenters. The third-order valence-electron chi connectivity index (χ3n) is 3.45. The van der Waals surface area contributed by atoms with Crippen LogP contribution in [-0.4, -0.2) is 21.1 Å². The van der Waals surface area contributed by atoms with Crippen LogP contribution in [0.5, 0.6) is 0 Å². The summed E-state index contributed by atoms with van der Waals surface area (Å²) in [4.78, 5) is 31.4. The zero-order chi connectivity index (χ0) is 16.7. The molecule has 7 nitrogen and oxygen atoms in total. The molecule has 1 aliphatic rings. The van der Waals surface area contributed by atoms with E-state index in [1.165, 1.54) is 6.08 Å². The molecule has 0 saturated carbocycles. The first-order valence-electron chi connectivity index (χ1n) is 6.94. The number of anilines is 1. The van der Waals surface area contributed by atoms with Crippen LogP contribution in [-0.2, 0) is 4.79 Å². The zero-order valence-corrected chi connectivity index (χ0v) is 13.0. The van der Waals surface area contributed by atoms with Gasteiger partial charge in [-0.15, -0.1) is 0 Å². The van der Waals surface area contributed by atoms with Gasteiger partial charge >= 0.3 is 0 Å². The van der Waals surface area contributed by atoms with E-state index in [0.717, 1.165) is 28.3 Å². The minimum Gasteiger partial charge on any atom is -0.456 e. The molecule has 3 aromatic rings. The van der Waals surface area contributed by atoms with Crippen molar-refractivity contribution in [2.45, 2.75) is 0 Å². The summed E-state index contributed by atoms with van der Waals surface area (Å²) in [5.74, 6) is 0.472. The lowest BCUT2D eigenvalue weighted by atomic mass is 10.1. The van der Waals surface area contributed by atoms with Gasteiger partial charge in [-0.2, -0.15) is 0 Å². The van der Waals surface area contributed by atoms with Crippen molar-refractivity contribution in [2.75, 3.05) is 5.73 Å². The number of pyridine rings is 2. The van der Waals surface area contributed by atoms with Gasteiger partial charge in [-0.05, 0) is 30.0 Å². The standard InChI is InChI=1S/C16H10N4O3S/c17-13-2-1-8(6-19-13)11-7-18-5-9-3-10(23-14(9)11)4-12-15(21)20-16(22)24-12/h1-7H,(H2,17,19)(H,20,21,22)/b12-4-. The van der Waals surface area contributed by atoms with Crippen molar-refractivity contribution in [3.05, 3.63) is 47.5 Å². The van der Waals surface area contributed by atoms with Crippen molar-refractivity contribution in [3.8, 4) is 11.1 Å². The molecule has 0 bridgehead atoms. The van der Waals surface area contributed by atoms with E-state index in [1.54, 1.807) is 30.7 Å². The highest BCUT2D eigenvalue weighted by atomic mass is 32.2. The van der Waals surface area contributed by atoms with E-state index in [-0.39, 0.29) is 0 Å².